The Hall–Kier alpha value is -3.61. The highest BCUT2D eigenvalue weighted by atomic mass is 35.5. The molecule has 3 N–H and O–H groups in total. The maximum absolute atomic E-state index is 13.2. The number of carbonyl (C=O) groups excluding carboxylic acids is 1. The highest BCUT2D eigenvalue weighted by Gasteiger charge is 2.19. The van der Waals surface area contributed by atoms with Crippen molar-refractivity contribution in [2.45, 2.75) is 12.6 Å². The number of fused-ring (bicyclic) bond motifs is 1. The van der Waals surface area contributed by atoms with Crippen LogP contribution in [0.5, 0.6) is 0 Å². The summed E-state index contributed by atoms with van der Waals surface area (Å²) in [6, 6.07) is 20.4. The molecule has 1 heterocycles. The van der Waals surface area contributed by atoms with Crippen LogP contribution in [0, 0.1) is 0 Å². The summed E-state index contributed by atoms with van der Waals surface area (Å²) in [5, 5.41) is 23.4. The smallest absolute Gasteiger partial charge is 0.335 e. The number of rotatable bonds is 7. The van der Waals surface area contributed by atoms with Gasteiger partial charge in [-0.05, 0) is 47.5 Å². The molecule has 1 atom stereocenters. The first-order valence-electron chi connectivity index (χ1n) is 10.0. The van der Waals surface area contributed by atoms with Gasteiger partial charge in [0.25, 0.3) is 5.91 Å². The Balaban J connectivity index is 1.62. The molecule has 0 aliphatic rings. The van der Waals surface area contributed by atoms with Crippen LogP contribution in [0.1, 0.15) is 37.9 Å². The average Bonchev–Trinajstić information content (AvgIpc) is 3.21. The first-order valence-corrected chi connectivity index (χ1v) is 10.4. The van der Waals surface area contributed by atoms with Crippen molar-refractivity contribution in [3.63, 3.8) is 0 Å². The molecule has 0 spiro atoms. The van der Waals surface area contributed by atoms with Gasteiger partial charge in [-0.15, -0.1) is 0 Å². The second-order valence-corrected chi connectivity index (χ2v) is 7.89. The van der Waals surface area contributed by atoms with Crippen molar-refractivity contribution in [2.75, 3.05) is 6.61 Å². The zero-order chi connectivity index (χ0) is 22.7. The van der Waals surface area contributed by atoms with Crippen LogP contribution in [-0.4, -0.2) is 33.3 Å². The van der Waals surface area contributed by atoms with E-state index in [-0.39, 0.29) is 18.1 Å². The Morgan fingerprint density at radius 2 is 1.69 bits per heavy atom. The summed E-state index contributed by atoms with van der Waals surface area (Å²) in [5.41, 5.74) is 3.09. The van der Waals surface area contributed by atoms with Crippen LogP contribution in [0.4, 0.5) is 0 Å². The summed E-state index contributed by atoms with van der Waals surface area (Å²) in [7, 11) is 0. The van der Waals surface area contributed by atoms with Gasteiger partial charge < -0.3 is 20.1 Å². The Morgan fingerprint density at radius 1 is 0.969 bits per heavy atom. The van der Waals surface area contributed by atoms with E-state index in [0.717, 1.165) is 16.5 Å². The third kappa shape index (κ3) is 4.51. The standard InChI is InChI=1S/C25H21ClN2O4/c26-20-10-4-16(5-11-20)14-28-13-12-18-2-1-3-21(23(18)28)24(30)27-22(15-29)17-6-8-19(9-7-17)25(31)32/h1-13,22,29H,14-15H2,(H,27,30)(H,31,32). The summed E-state index contributed by atoms with van der Waals surface area (Å²) < 4.78 is 2.00. The molecule has 0 bridgehead atoms. The molecule has 4 aromatic rings. The van der Waals surface area contributed by atoms with Crippen LogP contribution < -0.4 is 5.32 Å². The summed E-state index contributed by atoms with van der Waals surface area (Å²) in [5.74, 6) is -1.36. The van der Waals surface area contributed by atoms with Crippen molar-refractivity contribution in [2.24, 2.45) is 0 Å². The third-order valence-corrected chi connectivity index (χ3v) is 5.60. The topological polar surface area (TPSA) is 91.6 Å². The van der Waals surface area contributed by atoms with Crippen molar-refractivity contribution in [3.05, 3.63) is 106 Å². The number of halogens is 1. The van der Waals surface area contributed by atoms with Gasteiger partial charge in [-0.1, -0.05) is 48.0 Å². The summed E-state index contributed by atoms with van der Waals surface area (Å²) in [6.45, 7) is 0.255. The van der Waals surface area contributed by atoms with Crippen molar-refractivity contribution < 1.29 is 19.8 Å². The number of hydrogen-bond acceptors (Lipinski definition) is 3. The van der Waals surface area contributed by atoms with Gasteiger partial charge in [0.1, 0.15) is 0 Å². The molecule has 0 aliphatic carbocycles. The van der Waals surface area contributed by atoms with E-state index in [1.54, 1.807) is 18.2 Å². The number of hydrogen-bond donors (Lipinski definition) is 3. The van der Waals surface area contributed by atoms with Gasteiger partial charge in [0.15, 0.2) is 0 Å². The van der Waals surface area contributed by atoms with E-state index in [9.17, 15) is 14.7 Å². The zero-order valence-electron chi connectivity index (χ0n) is 17.0. The predicted octanol–water partition coefficient (Wildman–Crippen LogP) is 4.50. The van der Waals surface area contributed by atoms with Crippen LogP contribution in [0.25, 0.3) is 10.9 Å². The monoisotopic (exact) mass is 448 g/mol. The largest absolute Gasteiger partial charge is 0.478 e. The number of carboxylic acid groups (broad SMARTS) is 1. The second kappa shape index (κ2) is 9.26. The number of aromatic nitrogens is 1. The quantitative estimate of drug-likeness (QED) is 0.388. The van der Waals surface area contributed by atoms with Crippen LogP contribution in [0.15, 0.2) is 79.0 Å². The molecule has 0 radical (unpaired) electrons. The molecule has 3 aromatic carbocycles. The molecule has 7 heteroatoms. The number of nitrogens with one attached hydrogen (secondary N) is 1. The minimum absolute atomic E-state index is 0.140. The van der Waals surface area contributed by atoms with Crippen LogP contribution in [0.3, 0.4) is 0 Å². The molecule has 0 aliphatic heterocycles. The lowest BCUT2D eigenvalue weighted by molar-refractivity contribution is 0.0696. The van der Waals surface area contributed by atoms with Gasteiger partial charge in [-0.25, -0.2) is 4.79 Å². The summed E-state index contributed by atoms with van der Waals surface area (Å²) in [6.07, 6.45) is 1.93. The van der Waals surface area contributed by atoms with E-state index < -0.39 is 12.0 Å². The molecule has 0 saturated heterocycles. The first kappa shape index (κ1) is 21.6. The minimum atomic E-state index is -1.03. The highest BCUT2D eigenvalue weighted by Crippen LogP contribution is 2.23. The van der Waals surface area contributed by atoms with Crippen molar-refractivity contribution >= 4 is 34.4 Å². The number of nitrogens with zero attached hydrogens (tertiary/aromatic N) is 1. The van der Waals surface area contributed by atoms with Crippen molar-refractivity contribution in [1.29, 1.82) is 0 Å². The zero-order valence-corrected chi connectivity index (χ0v) is 17.8. The number of aliphatic hydroxyl groups excluding tert-OH is 1. The van der Waals surface area contributed by atoms with Gasteiger partial charge >= 0.3 is 5.97 Å². The fourth-order valence-corrected chi connectivity index (χ4v) is 3.82. The molecule has 32 heavy (non-hydrogen) atoms. The normalized spacial score (nSPS) is 11.9. The third-order valence-electron chi connectivity index (χ3n) is 5.35. The van der Waals surface area contributed by atoms with Gasteiger partial charge in [0.05, 0.1) is 29.3 Å². The molecule has 1 aromatic heterocycles. The van der Waals surface area contributed by atoms with Gasteiger partial charge in [-0.2, -0.15) is 0 Å². The molecular weight excluding hydrogens is 428 g/mol. The molecular formula is C25H21ClN2O4. The number of aliphatic hydroxyl groups is 1. The van der Waals surface area contributed by atoms with Crippen molar-refractivity contribution in [1.82, 2.24) is 9.88 Å². The number of aromatic carboxylic acids is 1. The molecule has 1 unspecified atom stereocenters. The summed E-state index contributed by atoms with van der Waals surface area (Å²) in [4.78, 5) is 24.2. The van der Waals surface area contributed by atoms with E-state index >= 15 is 0 Å². The van der Waals surface area contributed by atoms with E-state index in [1.807, 2.05) is 53.2 Å². The van der Waals surface area contributed by atoms with Gasteiger partial charge in [0.2, 0.25) is 0 Å². The first-order chi connectivity index (χ1) is 15.5. The molecule has 162 valence electrons. The lowest BCUT2D eigenvalue weighted by Crippen LogP contribution is -2.31. The fourth-order valence-electron chi connectivity index (χ4n) is 3.69. The average molecular weight is 449 g/mol. The van der Waals surface area contributed by atoms with Gasteiger partial charge in [0, 0.05) is 23.2 Å². The maximum atomic E-state index is 13.2. The number of carbonyl (C=O) groups is 2. The predicted molar refractivity (Wildman–Crippen MR) is 123 cm³/mol. The number of amides is 1. The Bertz CT molecular complexity index is 1260. The van der Waals surface area contributed by atoms with Crippen LogP contribution in [0.2, 0.25) is 5.02 Å². The molecule has 6 nitrogen and oxygen atoms in total. The number of benzene rings is 3. The SMILES string of the molecule is O=C(O)c1ccc(C(CO)NC(=O)c2cccc3ccn(Cc4ccc(Cl)cc4)c23)cc1. The lowest BCUT2D eigenvalue weighted by atomic mass is 10.0. The van der Waals surface area contributed by atoms with E-state index in [0.29, 0.717) is 22.7 Å². The second-order valence-electron chi connectivity index (χ2n) is 7.45. The fraction of sp³-hybridized carbons (Fsp3) is 0.120. The Kier molecular flexibility index (Phi) is 6.25. The molecule has 1 amide bonds. The maximum Gasteiger partial charge on any atom is 0.335 e. The molecule has 0 fully saturated rings. The lowest BCUT2D eigenvalue weighted by Gasteiger charge is -2.18. The Morgan fingerprint density at radius 3 is 2.34 bits per heavy atom. The highest BCUT2D eigenvalue weighted by molar-refractivity contribution is 6.30. The summed E-state index contributed by atoms with van der Waals surface area (Å²) >= 11 is 5.98. The van der Waals surface area contributed by atoms with E-state index in [1.165, 1.54) is 12.1 Å². The Labute approximate surface area is 189 Å². The minimum Gasteiger partial charge on any atom is -0.478 e. The van der Waals surface area contributed by atoms with E-state index in [2.05, 4.69) is 5.32 Å². The molecule has 4 rings (SSSR count). The molecule has 0 saturated carbocycles. The number of para-hydroxylation sites is 1. The number of carboxylic acids is 1. The van der Waals surface area contributed by atoms with Crippen molar-refractivity contribution in [3.8, 4) is 0 Å². The van der Waals surface area contributed by atoms with E-state index in [4.69, 9.17) is 16.7 Å². The van der Waals surface area contributed by atoms with Gasteiger partial charge in [-0.3, -0.25) is 4.79 Å². The van der Waals surface area contributed by atoms with Crippen LogP contribution >= 0.6 is 11.6 Å². The van der Waals surface area contributed by atoms with Crippen LogP contribution in [-0.2, 0) is 6.54 Å².